The minimum atomic E-state index is -3.60. The molecule has 4 rings (SSSR count). The van der Waals surface area contributed by atoms with Gasteiger partial charge in [-0.15, -0.1) is 6.42 Å². The van der Waals surface area contributed by atoms with Crippen molar-refractivity contribution in [3.63, 3.8) is 0 Å². The maximum absolute atomic E-state index is 13.1. The van der Waals surface area contributed by atoms with Crippen LogP contribution in [0.4, 0.5) is 0 Å². The topological polar surface area (TPSA) is 71.7 Å². The molecule has 0 radical (unpaired) electrons. The van der Waals surface area contributed by atoms with Crippen LogP contribution in [0.3, 0.4) is 0 Å². The van der Waals surface area contributed by atoms with E-state index >= 15 is 0 Å². The smallest absolute Gasteiger partial charge is 0.279 e. The molecule has 8 heteroatoms. The predicted molar refractivity (Wildman–Crippen MR) is 131 cm³/mol. The Labute approximate surface area is 198 Å². The lowest BCUT2D eigenvalue weighted by Crippen LogP contribution is -2.42. The van der Waals surface area contributed by atoms with Crippen molar-refractivity contribution in [1.82, 2.24) is 8.87 Å². The van der Waals surface area contributed by atoms with E-state index < -0.39 is 15.9 Å². The number of terminal acetylenes is 1. The summed E-state index contributed by atoms with van der Waals surface area (Å²) in [5.41, 5.74) is 2.36. The lowest BCUT2D eigenvalue weighted by atomic mass is 9.94. The summed E-state index contributed by atoms with van der Waals surface area (Å²) >= 11 is 1.40. The number of fused-ring (bicyclic) bond motifs is 1. The maximum atomic E-state index is 13.1. The Morgan fingerprint density at radius 2 is 1.82 bits per heavy atom. The van der Waals surface area contributed by atoms with Crippen LogP contribution in [0.25, 0.3) is 10.2 Å². The summed E-state index contributed by atoms with van der Waals surface area (Å²) in [5, 5.41) is 0. The molecule has 1 aliphatic heterocycles. The van der Waals surface area contributed by atoms with Crippen molar-refractivity contribution >= 4 is 37.5 Å². The fraction of sp³-hybridized carbons (Fsp3) is 0.360. The van der Waals surface area contributed by atoms with Gasteiger partial charge in [0.2, 0.25) is 10.0 Å². The second-order valence-electron chi connectivity index (χ2n) is 8.81. The van der Waals surface area contributed by atoms with Crippen molar-refractivity contribution in [2.75, 3.05) is 13.1 Å². The van der Waals surface area contributed by atoms with Gasteiger partial charge in [0.25, 0.3) is 5.91 Å². The van der Waals surface area contributed by atoms with E-state index in [9.17, 15) is 13.2 Å². The first-order valence-electron chi connectivity index (χ1n) is 10.9. The molecule has 2 heterocycles. The first-order chi connectivity index (χ1) is 15.7. The average molecular weight is 482 g/mol. The first kappa shape index (κ1) is 23.4. The van der Waals surface area contributed by atoms with Crippen LogP contribution < -0.4 is 4.80 Å². The number of rotatable bonds is 4. The third-order valence-electron chi connectivity index (χ3n) is 5.92. The lowest BCUT2D eigenvalue weighted by Gasteiger charge is -2.34. The van der Waals surface area contributed by atoms with Crippen molar-refractivity contribution in [2.24, 2.45) is 16.8 Å². The highest BCUT2D eigenvalue weighted by atomic mass is 32.2. The number of aromatic nitrogens is 1. The maximum Gasteiger partial charge on any atom is 0.279 e. The third-order valence-corrected chi connectivity index (χ3v) is 8.81. The first-order valence-corrected chi connectivity index (χ1v) is 13.2. The molecule has 3 aromatic rings. The highest BCUT2D eigenvalue weighted by molar-refractivity contribution is 7.89. The number of hydrogen-bond acceptors (Lipinski definition) is 4. The van der Waals surface area contributed by atoms with Gasteiger partial charge in [-0.05, 0) is 61.1 Å². The van der Waals surface area contributed by atoms with Crippen molar-refractivity contribution in [1.29, 1.82) is 0 Å². The van der Waals surface area contributed by atoms with E-state index in [1.54, 1.807) is 4.31 Å². The molecule has 2 aromatic carbocycles. The molecular formula is C25H27N3O3S2. The van der Waals surface area contributed by atoms with Gasteiger partial charge in [0.15, 0.2) is 4.80 Å². The van der Waals surface area contributed by atoms with E-state index in [1.807, 2.05) is 29.7 Å². The van der Waals surface area contributed by atoms with Gasteiger partial charge in [-0.25, -0.2) is 8.42 Å². The van der Waals surface area contributed by atoms with Crippen LogP contribution in [0.1, 0.15) is 36.2 Å². The number of sulfonamides is 1. The molecule has 0 N–H and O–H groups in total. The SMILES string of the molecule is C#CCn1c(=NC(=O)c2ccc(S(=O)(=O)N3CC(C)CC(C)C3)cc2)sc2cccc(C)c21. The number of amides is 1. The summed E-state index contributed by atoms with van der Waals surface area (Å²) < 4.78 is 30.6. The van der Waals surface area contributed by atoms with E-state index in [0.717, 1.165) is 22.2 Å². The number of carbonyl (C=O) groups is 1. The van der Waals surface area contributed by atoms with Gasteiger partial charge in [-0.2, -0.15) is 9.30 Å². The van der Waals surface area contributed by atoms with E-state index in [1.165, 1.54) is 35.6 Å². The number of piperidine rings is 1. The second kappa shape index (κ2) is 9.26. The van der Waals surface area contributed by atoms with Crippen molar-refractivity contribution in [3.8, 4) is 12.3 Å². The van der Waals surface area contributed by atoms with Crippen LogP contribution in [-0.2, 0) is 16.6 Å². The molecule has 172 valence electrons. The zero-order valence-corrected chi connectivity index (χ0v) is 20.6. The van der Waals surface area contributed by atoms with Gasteiger partial charge < -0.3 is 4.57 Å². The Hall–Kier alpha value is -2.73. The molecule has 1 amide bonds. The normalized spacial score (nSPS) is 20.1. The van der Waals surface area contributed by atoms with Crippen LogP contribution in [0.15, 0.2) is 52.4 Å². The molecule has 1 aromatic heterocycles. The predicted octanol–water partition coefficient (Wildman–Crippen LogP) is 4.05. The Balaban J connectivity index is 1.65. The van der Waals surface area contributed by atoms with Gasteiger partial charge in [0.1, 0.15) is 0 Å². The Morgan fingerprint density at radius 3 is 2.45 bits per heavy atom. The number of aryl methyl sites for hydroxylation is 1. The highest BCUT2D eigenvalue weighted by Gasteiger charge is 2.31. The van der Waals surface area contributed by atoms with E-state index in [-0.39, 0.29) is 4.90 Å². The number of carbonyl (C=O) groups excluding carboxylic acids is 1. The summed E-state index contributed by atoms with van der Waals surface area (Å²) in [6.45, 7) is 7.48. The van der Waals surface area contributed by atoms with E-state index in [0.29, 0.717) is 41.8 Å². The zero-order chi connectivity index (χ0) is 23.8. The minimum Gasteiger partial charge on any atom is -0.304 e. The summed E-state index contributed by atoms with van der Waals surface area (Å²) in [7, 11) is -3.60. The lowest BCUT2D eigenvalue weighted by molar-refractivity contribution is 0.0998. The number of benzene rings is 2. The van der Waals surface area contributed by atoms with Crippen LogP contribution in [0.2, 0.25) is 0 Å². The van der Waals surface area contributed by atoms with Gasteiger partial charge in [0.05, 0.1) is 21.7 Å². The van der Waals surface area contributed by atoms with E-state index in [2.05, 4.69) is 24.8 Å². The molecule has 1 saturated heterocycles. The second-order valence-corrected chi connectivity index (χ2v) is 11.8. The molecule has 33 heavy (non-hydrogen) atoms. The fourth-order valence-corrected chi connectivity index (χ4v) is 7.29. The molecule has 6 nitrogen and oxygen atoms in total. The van der Waals surface area contributed by atoms with Crippen molar-refractivity contribution < 1.29 is 13.2 Å². The Morgan fingerprint density at radius 1 is 1.15 bits per heavy atom. The highest BCUT2D eigenvalue weighted by Crippen LogP contribution is 2.27. The van der Waals surface area contributed by atoms with Gasteiger partial charge >= 0.3 is 0 Å². The number of thiazole rings is 1. The largest absolute Gasteiger partial charge is 0.304 e. The number of para-hydroxylation sites is 1. The molecular weight excluding hydrogens is 454 g/mol. The number of nitrogens with zero attached hydrogens (tertiary/aromatic N) is 3. The molecule has 0 bridgehead atoms. The molecule has 2 atom stereocenters. The summed E-state index contributed by atoms with van der Waals surface area (Å²) in [4.78, 5) is 17.9. The Kier molecular flexibility index (Phi) is 6.57. The molecule has 1 fully saturated rings. The summed E-state index contributed by atoms with van der Waals surface area (Å²) in [5.74, 6) is 2.84. The van der Waals surface area contributed by atoms with Gasteiger partial charge in [0, 0.05) is 18.7 Å². The van der Waals surface area contributed by atoms with Crippen LogP contribution in [-0.4, -0.2) is 36.3 Å². The quantitative estimate of drug-likeness (QED) is 0.528. The molecule has 1 aliphatic rings. The summed E-state index contributed by atoms with van der Waals surface area (Å²) in [6, 6.07) is 12.0. The van der Waals surface area contributed by atoms with Gasteiger partial charge in [-0.3, -0.25) is 4.79 Å². The molecule has 0 aliphatic carbocycles. The third kappa shape index (κ3) is 4.67. The fourth-order valence-electron chi connectivity index (χ4n) is 4.50. The number of hydrogen-bond donors (Lipinski definition) is 0. The van der Waals surface area contributed by atoms with Crippen LogP contribution in [0, 0.1) is 31.1 Å². The van der Waals surface area contributed by atoms with Gasteiger partial charge in [-0.1, -0.05) is 43.2 Å². The van der Waals surface area contributed by atoms with Crippen molar-refractivity contribution in [2.45, 2.75) is 38.6 Å². The average Bonchev–Trinajstić information content (AvgIpc) is 3.11. The Bertz CT molecular complexity index is 1400. The van der Waals surface area contributed by atoms with E-state index in [4.69, 9.17) is 6.42 Å². The minimum absolute atomic E-state index is 0.195. The summed E-state index contributed by atoms with van der Waals surface area (Å²) in [6.07, 6.45) is 6.58. The van der Waals surface area contributed by atoms with Crippen LogP contribution in [0.5, 0.6) is 0 Å². The zero-order valence-electron chi connectivity index (χ0n) is 19.0. The molecule has 0 saturated carbocycles. The molecule has 0 spiro atoms. The monoisotopic (exact) mass is 481 g/mol. The van der Waals surface area contributed by atoms with Crippen LogP contribution >= 0.6 is 11.3 Å². The standard InChI is InChI=1S/C25H27N3O3S2/c1-5-13-28-23-19(4)7-6-8-22(23)32-25(28)26-24(29)20-9-11-21(12-10-20)33(30,31)27-15-17(2)14-18(3)16-27/h1,6-12,17-18H,13-16H2,2-4H3. The molecule has 2 unspecified atom stereocenters. The van der Waals surface area contributed by atoms with Crippen molar-refractivity contribution in [3.05, 3.63) is 58.4 Å².